The SMILES string of the molecule is Cc1cc(=O)n(Cc2ccc(Br)s2)cn1. The maximum Gasteiger partial charge on any atom is 0.253 e. The molecule has 0 spiro atoms. The first-order chi connectivity index (χ1) is 7.15. The lowest BCUT2D eigenvalue weighted by Crippen LogP contribution is -2.20. The number of halogens is 1. The second-order valence-electron chi connectivity index (χ2n) is 3.20. The van der Waals surface area contributed by atoms with Gasteiger partial charge in [0.15, 0.2) is 0 Å². The van der Waals surface area contributed by atoms with E-state index in [9.17, 15) is 4.79 Å². The third kappa shape index (κ3) is 2.54. The van der Waals surface area contributed by atoms with Crippen LogP contribution in [0.1, 0.15) is 10.6 Å². The molecule has 0 aliphatic carbocycles. The van der Waals surface area contributed by atoms with Crippen molar-refractivity contribution in [2.75, 3.05) is 0 Å². The summed E-state index contributed by atoms with van der Waals surface area (Å²) in [5, 5.41) is 0. The summed E-state index contributed by atoms with van der Waals surface area (Å²) < 4.78 is 2.68. The van der Waals surface area contributed by atoms with Crippen molar-refractivity contribution in [3.8, 4) is 0 Å². The van der Waals surface area contributed by atoms with Crippen LogP contribution in [0.3, 0.4) is 0 Å². The van der Waals surface area contributed by atoms with Crippen LogP contribution in [-0.4, -0.2) is 9.55 Å². The van der Waals surface area contributed by atoms with E-state index in [1.54, 1.807) is 28.3 Å². The molecule has 78 valence electrons. The molecule has 0 unspecified atom stereocenters. The van der Waals surface area contributed by atoms with Crippen molar-refractivity contribution in [3.63, 3.8) is 0 Å². The van der Waals surface area contributed by atoms with E-state index in [2.05, 4.69) is 20.9 Å². The maximum atomic E-state index is 11.6. The molecule has 2 rings (SSSR count). The Morgan fingerprint density at radius 1 is 1.53 bits per heavy atom. The first-order valence-electron chi connectivity index (χ1n) is 4.42. The van der Waals surface area contributed by atoms with Gasteiger partial charge < -0.3 is 0 Å². The number of aromatic nitrogens is 2. The topological polar surface area (TPSA) is 34.9 Å². The van der Waals surface area contributed by atoms with Crippen molar-refractivity contribution in [2.24, 2.45) is 0 Å². The molecule has 0 saturated heterocycles. The van der Waals surface area contributed by atoms with Gasteiger partial charge >= 0.3 is 0 Å². The highest BCUT2D eigenvalue weighted by Gasteiger charge is 2.01. The minimum atomic E-state index is -0.00739. The molecule has 3 nitrogen and oxygen atoms in total. The van der Waals surface area contributed by atoms with Gasteiger partial charge in [-0.1, -0.05) is 0 Å². The summed E-state index contributed by atoms with van der Waals surface area (Å²) in [7, 11) is 0. The van der Waals surface area contributed by atoms with Crippen molar-refractivity contribution in [3.05, 3.63) is 49.2 Å². The Kier molecular flexibility index (Phi) is 3.02. The molecule has 2 aromatic rings. The number of hydrogen-bond acceptors (Lipinski definition) is 3. The lowest BCUT2D eigenvalue weighted by molar-refractivity contribution is 0.739. The quantitative estimate of drug-likeness (QED) is 0.849. The summed E-state index contributed by atoms with van der Waals surface area (Å²) in [6.45, 7) is 2.40. The molecule has 0 bridgehead atoms. The highest BCUT2D eigenvalue weighted by atomic mass is 79.9. The molecule has 15 heavy (non-hydrogen) atoms. The monoisotopic (exact) mass is 284 g/mol. The Labute approximate surface area is 99.5 Å². The number of aryl methyl sites for hydroxylation is 1. The fraction of sp³-hybridized carbons (Fsp3) is 0.200. The molecule has 0 N–H and O–H groups in total. The van der Waals surface area contributed by atoms with Gasteiger partial charge in [-0.15, -0.1) is 11.3 Å². The van der Waals surface area contributed by atoms with Crippen molar-refractivity contribution in [2.45, 2.75) is 13.5 Å². The van der Waals surface area contributed by atoms with Crippen LogP contribution in [0.2, 0.25) is 0 Å². The maximum absolute atomic E-state index is 11.6. The van der Waals surface area contributed by atoms with Crippen molar-refractivity contribution in [1.82, 2.24) is 9.55 Å². The molecule has 0 fully saturated rings. The van der Waals surface area contributed by atoms with Gasteiger partial charge in [0.1, 0.15) is 0 Å². The van der Waals surface area contributed by atoms with Crippen LogP contribution in [0.25, 0.3) is 0 Å². The van der Waals surface area contributed by atoms with Gasteiger partial charge in [-0.2, -0.15) is 0 Å². The second-order valence-corrected chi connectivity index (χ2v) is 5.75. The Morgan fingerprint density at radius 2 is 2.33 bits per heavy atom. The fourth-order valence-corrected chi connectivity index (χ4v) is 2.72. The number of hydrogen-bond donors (Lipinski definition) is 0. The van der Waals surface area contributed by atoms with Gasteiger partial charge in [-0.25, -0.2) is 4.98 Å². The van der Waals surface area contributed by atoms with E-state index >= 15 is 0 Å². The average Bonchev–Trinajstić information content (AvgIpc) is 2.56. The molecule has 2 heterocycles. The summed E-state index contributed by atoms with van der Waals surface area (Å²) in [5.41, 5.74) is 0.746. The van der Waals surface area contributed by atoms with Crippen LogP contribution >= 0.6 is 27.3 Å². The molecule has 0 atom stereocenters. The van der Waals surface area contributed by atoms with Crippen LogP contribution < -0.4 is 5.56 Å². The predicted octanol–water partition coefficient (Wildman–Crippen LogP) is 2.42. The van der Waals surface area contributed by atoms with Crippen molar-refractivity contribution >= 4 is 27.3 Å². The largest absolute Gasteiger partial charge is 0.294 e. The zero-order valence-corrected chi connectivity index (χ0v) is 10.5. The summed E-state index contributed by atoms with van der Waals surface area (Å²) in [4.78, 5) is 16.8. The Balaban J connectivity index is 2.28. The van der Waals surface area contributed by atoms with Crippen LogP contribution in [0.15, 0.2) is 33.1 Å². The van der Waals surface area contributed by atoms with E-state index in [-0.39, 0.29) is 5.56 Å². The van der Waals surface area contributed by atoms with Gasteiger partial charge in [-0.3, -0.25) is 9.36 Å². The fourth-order valence-electron chi connectivity index (χ4n) is 1.24. The number of rotatable bonds is 2. The lowest BCUT2D eigenvalue weighted by Gasteiger charge is -2.02. The van der Waals surface area contributed by atoms with Crippen LogP contribution in [0.4, 0.5) is 0 Å². The van der Waals surface area contributed by atoms with Crippen LogP contribution in [0, 0.1) is 6.92 Å². The van der Waals surface area contributed by atoms with Gasteiger partial charge in [0, 0.05) is 16.6 Å². The van der Waals surface area contributed by atoms with Gasteiger partial charge in [-0.05, 0) is 35.0 Å². The second kappa shape index (κ2) is 4.28. The van der Waals surface area contributed by atoms with E-state index in [0.717, 1.165) is 14.4 Å². The molecule has 5 heteroatoms. The first kappa shape index (κ1) is 10.6. The molecule has 0 radical (unpaired) electrons. The van der Waals surface area contributed by atoms with Crippen molar-refractivity contribution in [1.29, 1.82) is 0 Å². The Bertz CT molecular complexity index is 532. The molecule has 0 amide bonds. The van der Waals surface area contributed by atoms with E-state index < -0.39 is 0 Å². The third-order valence-electron chi connectivity index (χ3n) is 1.97. The molecular formula is C10H9BrN2OS. The van der Waals surface area contributed by atoms with Crippen molar-refractivity contribution < 1.29 is 0 Å². The highest BCUT2D eigenvalue weighted by Crippen LogP contribution is 2.22. The Hall–Kier alpha value is -0.940. The summed E-state index contributed by atoms with van der Waals surface area (Å²) >= 11 is 5.02. The molecule has 2 aromatic heterocycles. The zero-order chi connectivity index (χ0) is 10.8. The lowest BCUT2D eigenvalue weighted by atomic mass is 10.4. The molecule has 0 saturated carbocycles. The van der Waals surface area contributed by atoms with E-state index in [0.29, 0.717) is 6.54 Å². The minimum Gasteiger partial charge on any atom is -0.294 e. The van der Waals surface area contributed by atoms with Gasteiger partial charge in [0.2, 0.25) is 0 Å². The van der Waals surface area contributed by atoms with Crippen LogP contribution in [-0.2, 0) is 6.54 Å². The molecule has 0 aliphatic heterocycles. The van der Waals surface area contributed by atoms with Crippen LogP contribution in [0.5, 0.6) is 0 Å². The predicted molar refractivity (Wildman–Crippen MR) is 64.4 cm³/mol. The van der Waals surface area contributed by atoms with E-state index in [1.165, 1.54) is 0 Å². The molecule has 0 aliphatic rings. The number of thiophene rings is 1. The smallest absolute Gasteiger partial charge is 0.253 e. The zero-order valence-electron chi connectivity index (χ0n) is 8.11. The average molecular weight is 285 g/mol. The minimum absolute atomic E-state index is 0.00739. The van der Waals surface area contributed by atoms with E-state index in [1.807, 2.05) is 19.1 Å². The van der Waals surface area contributed by atoms with Gasteiger partial charge in [0.25, 0.3) is 5.56 Å². The highest BCUT2D eigenvalue weighted by molar-refractivity contribution is 9.11. The van der Waals surface area contributed by atoms with Gasteiger partial charge in [0.05, 0.1) is 16.7 Å². The summed E-state index contributed by atoms with van der Waals surface area (Å²) in [6.07, 6.45) is 1.59. The summed E-state index contributed by atoms with van der Waals surface area (Å²) in [5.74, 6) is 0. The molecular weight excluding hydrogens is 276 g/mol. The summed E-state index contributed by atoms with van der Waals surface area (Å²) in [6, 6.07) is 5.52. The molecule has 0 aromatic carbocycles. The standard InChI is InChI=1S/C10H9BrN2OS/c1-7-4-10(14)13(6-12-7)5-8-2-3-9(11)15-8/h2-4,6H,5H2,1H3. The first-order valence-corrected chi connectivity index (χ1v) is 6.03. The number of nitrogens with zero attached hydrogens (tertiary/aromatic N) is 2. The third-order valence-corrected chi connectivity index (χ3v) is 3.58. The normalized spacial score (nSPS) is 10.5. The Morgan fingerprint density at radius 3 is 2.93 bits per heavy atom. The van der Waals surface area contributed by atoms with E-state index in [4.69, 9.17) is 0 Å².